The number of thiazole rings is 1. The van der Waals surface area contributed by atoms with E-state index in [1.807, 2.05) is 6.07 Å². The number of rotatable bonds is 4. The number of carbonyl (C=O) groups is 2. The lowest BCUT2D eigenvalue weighted by atomic mass is 9.96. The second-order valence-electron chi connectivity index (χ2n) is 7.29. The predicted molar refractivity (Wildman–Crippen MR) is 125 cm³/mol. The van der Waals surface area contributed by atoms with E-state index < -0.39 is 18.0 Å². The Hall–Kier alpha value is -3.49. The van der Waals surface area contributed by atoms with Gasteiger partial charge in [-0.1, -0.05) is 47.2 Å². The molecule has 7 nitrogen and oxygen atoms in total. The second-order valence-corrected chi connectivity index (χ2v) is 8.74. The van der Waals surface area contributed by atoms with Gasteiger partial charge in [-0.15, -0.1) is 0 Å². The van der Waals surface area contributed by atoms with Crippen molar-refractivity contribution in [3.8, 4) is 5.75 Å². The molecule has 33 heavy (non-hydrogen) atoms. The molecule has 0 radical (unpaired) electrons. The summed E-state index contributed by atoms with van der Waals surface area (Å²) >= 11 is 7.31. The van der Waals surface area contributed by atoms with Crippen molar-refractivity contribution in [2.24, 2.45) is 4.99 Å². The van der Waals surface area contributed by atoms with Gasteiger partial charge in [0.2, 0.25) is 0 Å². The van der Waals surface area contributed by atoms with E-state index in [-0.39, 0.29) is 11.1 Å². The molecule has 0 amide bonds. The summed E-state index contributed by atoms with van der Waals surface area (Å²) < 4.78 is 12.0. The summed E-state index contributed by atoms with van der Waals surface area (Å²) in [5.74, 6) is -0.655. The summed E-state index contributed by atoms with van der Waals surface area (Å²) in [6, 6.07) is 13.1. The maximum atomic E-state index is 13.5. The number of methoxy groups -OCH3 is 1. The fourth-order valence-corrected chi connectivity index (χ4v) is 4.89. The summed E-state index contributed by atoms with van der Waals surface area (Å²) in [6.07, 6.45) is 1.74. The van der Waals surface area contributed by atoms with Crippen LogP contribution in [0.25, 0.3) is 6.08 Å². The second kappa shape index (κ2) is 9.17. The van der Waals surface area contributed by atoms with Crippen LogP contribution in [0.5, 0.6) is 5.75 Å². The van der Waals surface area contributed by atoms with Crippen molar-refractivity contribution in [1.29, 1.82) is 0 Å². The van der Waals surface area contributed by atoms with E-state index in [1.165, 1.54) is 29.9 Å². The Bertz CT molecular complexity index is 1470. The van der Waals surface area contributed by atoms with Crippen molar-refractivity contribution in [2.45, 2.75) is 19.9 Å². The van der Waals surface area contributed by atoms with Crippen molar-refractivity contribution in [3.63, 3.8) is 0 Å². The average molecular weight is 483 g/mol. The van der Waals surface area contributed by atoms with Crippen molar-refractivity contribution >= 4 is 41.0 Å². The molecule has 0 aliphatic carbocycles. The lowest BCUT2D eigenvalue weighted by Gasteiger charge is -2.24. The third-order valence-corrected chi connectivity index (χ3v) is 6.25. The van der Waals surface area contributed by atoms with Crippen LogP contribution >= 0.6 is 22.9 Å². The quantitative estimate of drug-likeness (QED) is 0.421. The topological polar surface area (TPSA) is 87.0 Å². The molecular formula is C24H19ClN2O5S. The maximum Gasteiger partial charge on any atom is 0.338 e. The zero-order chi connectivity index (χ0) is 23.7. The zero-order valence-corrected chi connectivity index (χ0v) is 19.6. The number of hydrogen-bond donors (Lipinski definition) is 0. The van der Waals surface area contributed by atoms with E-state index in [4.69, 9.17) is 21.1 Å². The molecule has 9 heteroatoms. The van der Waals surface area contributed by atoms with Crippen LogP contribution in [0.3, 0.4) is 0 Å². The Balaban J connectivity index is 1.91. The van der Waals surface area contributed by atoms with Crippen molar-refractivity contribution in [1.82, 2.24) is 4.57 Å². The normalized spacial score (nSPS) is 15.6. The van der Waals surface area contributed by atoms with Gasteiger partial charge in [0.05, 0.1) is 29.0 Å². The molecule has 0 spiro atoms. The van der Waals surface area contributed by atoms with Gasteiger partial charge in [-0.25, -0.2) is 9.79 Å². The Morgan fingerprint density at radius 2 is 1.91 bits per heavy atom. The Labute approximate surface area is 197 Å². The summed E-state index contributed by atoms with van der Waals surface area (Å²) in [6.45, 7) is 3.02. The molecule has 1 aliphatic rings. The third kappa shape index (κ3) is 4.53. The molecule has 4 rings (SSSR count). The zero-order valence-electron chi connectivity index (χ0n) is 18.0. The molecule has 0 fully saturated rings. The van der Waals surface area contributed by atoms with Gasteiger partial charge < -0.3 is 9.47 Å². The number of benzene rings is 2. The summed E-state index contributed by atoms with van der Waals surface area (Å²) in [5, 5.41) is 0.561. The SMILES string of the molecule is COC(=O)C1=C(C)N=c2s/c(=C\c3cccc(Cl)c3)c(=O)n2[C@H]1c1ccc(OC(C)=O)cc1. The van der Waals surface area contributed by atoms with Crippen LogP contribution in [-0.2, 0) is 14.3 Å². The van der Waals surface area contributed by atoms with Crippen LogP contribution in [0, 0.1) is 0 Å². The highest BCUT2D eigenvalue weighted by molar-refractivity contribution is 7.07. The summed E-state index contributed by atoms with van der Waals surface area (Å²) in [7, 11) is 1.29. The highest BCUT2D eigenvalue weighted by Crippen LogP contribution is 2.31. The van der Waals surface area contributed by atoms with Gasteiger partial charge in [-0.2, -0.15) is 0 Å². The van der Waals surface area contributed by atoms with E-state index >= 15 is 0 Å². The van der Waals surface area contributed by atoms with Crippen LogP contribution < -0.4 is 19.6 Å². The minimum atomic E-state index is -0.749. The van der Waals surface area contributed by atoms with Gasteiger partial charge in [0.1, 0.15) is 5.75 Å². The average Bonchev–Trinajstić information content (AvgIpc) is 3.07. The number of allylic oxidation sites excluding steroid dienone is 1. The number of halogens is 1. The number of nitrogens with zero attached hydrogens (tertiary/aromatic N) is 2. The molecule has 0 unspecified atom stereocenters. The molecular weight excluding hydrogens is 464 g/mol. The van der Waals surface area contributed by atoms with Crippen LogP contribution in [0.15, 0.2) is 69.6 Å². The molecule has 1 aromatic heterocycles. The number of carbonyl (C=O) groups excluding carboxylic acids is 2. The number of hydrogen-bond acceptors (Lipinski definition) is 7. The number of ether oxygens (including phenoxy) is 2. The summed E-state index contributed by atoms with van der Waals surface area (Å²) in [4.78, 5) is 42.4. The third-order valence-electron chi connectivity index (χ3n) is 5.03. The maximum absolute atomic E-state index is 13.5. The smallest absolute Gasteiger partial charge is 0.338 e. The number of aromatic nitrogens is 1. The number of fused-ring (bicyclic) bond motifs is 1. The first-order chi connectivity index (χ1) is 15.8. The van der Waals surface area contributed by atoms with E-state index in [2.05, 4.69) is 4.99 Å². The molecule has 168 valence electrons. The van der Waals surface area contributed by atoms with Crippen LogP contribution in [0.4, 0.5) is 0 Å². The van der Waals surface area contributed by atoms with Crippen LogP contribution in [0.1, 0.15) is 31.0 Å². The van der Waals surface area contributed by atoms with E-state index in [0.29, 0.717) is 31.4 Å². The monoisotopic (exact) mass is 482 g/mol. The minimum Gasteiger partial charge on any atom is -0.466 e. The summed E-state index contributed by atoms with van der Waals surface area (Å²) in [5.41, 5.74) is 1.86. The standard InChI is InChI=1S/C24H19ClN2O5S/c1-13-20(23(30)31-3)21(16-7-9-18(10-8-16)32-14(2)28)27-22(29)19(33-24(27)26-13)12-15-5-4-6-17(25)11-15/h4-12,21H,1-3H3/b19-12-/t21-/m0/s1. The van der Waals surface area contributed by atoms with Gasteiger partial charge in [0, 0.05) is 11.9 Å². The van der Waals surface area contributed by atoms with Crippen LogP contribution in [0.2, 0.25) is 5.02 Å². The van der Waals surface area contributed by atoms with E-state index in [9.17, 15) is 14.4 Å². The van der Waals surface area contributed by atoms with Crippen LogP contribution in [-0.4, -0.2) is 23.6 Å². The van der Waals surface area contributed by atoms with Gasteiger partial charge in [0.15, 0.2) is 4.80 Å². The molecule has 3 aromatic rings. The Morgan fingerprint density at radius 3 is 2.55 bits per heavy atom. The van der Waals surface area contributed by atoms with Gasteiger partial charge >= 0.3 is 11.9 Å². The first-order valence-corrected chi connectivity index (χ1v) is 11.1. The molecule has 2 heterocycles. The van der Waals surface area contributed by atoms with Crippen molar-refractivity contribution in [3.05, 3.63) is 95.6 Å². The first-order valence-electron chi connectivity index (χ1n) is 9.93. The first kappa shape index (κ1) is 22.7. The van der Waals surface area contributed by atoms with Crippen molar-refractivity contribution < 1.29 is 19.1 Å². The molecule has 0 saturated heterocycles. The Kier molecular flexibility index (Phi) is 6.31. The van der Waals surface area contributed by atoms with Gasteiger partial charge in [-0.05, 0) is 48.4 Å². The van der Waals surface area contributed by atoms with Gasteiger partial charge in [0.25, 0.3) is 5.56 Å². The lowest BCUT2D eigenvalue weighted by Crippen LogP contribution is -2.39. The number of esters is 2. The molecule has 0 N–H and O–H groups in total. The highest BCUT2D eigenvalue weighted by atomic mass is 35.5. The molecule has 1 atom stereocenters. The fourth-order valence-electron chi connectivity index (χ4n) is 3.64. The van der Waals surface area contributed by atoms with E-state index in [0.717, 1.165) is 5.56 Å². The fraction of sp³-hybridized carbons (Fsp3) is 0.167. The molecule has 0 bridgehead atoms. The predicted octanol–water partition coefficient (Wildman–Crippen LogP) is 2.99. The molecule has 0 saturated carbocycles. The minimum absolute atomic E-state index is 0.263. The lowest BCUT2D eigenvalue weighted by molar-refractivity contribution is -0.136. The van der Waals surface area contributed by atoms with E-state index in [1.54, 1.807) is 55.5 Å². The molecule has 1 aliphatic heterocycles. The highest BCUT2D eigenvalue weighted by Gasteiger charge is 2.33. The largest absolute Gasteiger partial charge is 0.466 e. The molecule has 2 aromatic carbocycles. The Morgan fingerprint density at radius 1 is 1.18 bits per heavy atom. The van der Waals surface area contributed by atoms with Gasteiger partial charge in [-0.3, -0.25) is 14.2 Å². The van der Waals surface area contributed by atoms with Crippen molar-refractivity contribution in [2.75, 3.05) is 7.11 Å².